The summed E-state index contributed by atoms with van der Waals surface area (Å²) >= 11 is 0. The van der Waals surface area contributed by atoms with Crippen LogP contribution in [0.15, 0.2) is 146 Å². The van der Waals surface area contributed by atoms with Gasteiger partial charge in [0, 0.05) is 38.5 Å². The summed E-state index contributed by atoms with van der Waals surface area (Å²) in [6.07, 6.45) is 19.6. The summed E-state index contributed by atoms with van der Waals surface area (Å²) in [5.74, 6) is 9.43. The van der Waals surface area contributed by atoms with Gasteiger partial charge in [0.15, 0.2) is 0 Å². The van der Waals surface area contributed by atoms with Crippen LogP contribution in [0.4, 0.5) is 13.2 Å². The monoisotopic (exact) mass is 1260 g/mol. The van der Waals surface area contributed by atoms with E-state index in [0.29, 0.717) is 55.1 Å². The largest absolute Gasteiger partial charge is 0.391 e. The molecule has 0 unspecified atom stereocenters. The Balaban J connectivity index is 0.000000126. The molecular formula is C66H67F3N6O10S3. The Labute approximate surface area is 513 Å². The molecule has 0 spiro atoms. The number of fused-ring (bicyclic) bond motifs is 10. The van der Waals surface area contributed by atoms with E-state index in [0.717, 1.165) is 50.1 Å². The molecule has 8 aliphatic rings. The smallest absolute Gasteiger partial charge is 0.340 e. The van der Waals surface area contributed by atoms with E-state index in [4.69, 9.17) is 44.3 Å². The van der Waals surface area contributed by atoms with Gasteiger partial charge in [-0.25, -0.2) is 13.2 Å². The number of rotatable bonds is 8. The lowest BCUT2D eigenvalue weighted by Crippen LogP contribution is -2.37. The number of hydrogen-bond donors (Lipinski definition) is 6. The third kappa shape index (κ3) is 14.8. The lowest BCUT2D eigenvalue weighted by Gasteiger charge is -2.25. The van der Waals surface area contributed by atoms with Crippen molar-refractivity contribution < 1.29 is 56.5 Å². The summed E-state index contributed by atoms with van der Waals surface area (Å²) < 4.78 is 133. The van der Waals surface area contributed by atoms with Gasteiger partial charge in [0.2, 0.25) is 0 Å². The zero-order valence-corrected chi connectivity index (χ0v) is 50.1. The van der Waals surface area contributed by atoms with Crippen LogP contribution in [0.1, 0.15) is 103 Å². The quantitative estimate of drug-likeness (QED) is 0.0665. The van der Waals surface area contributed by atoms with Gasteiger partial charge >= 0.3 is 30.9 Å². The maximum Gasteiger partial charge on any atom is 0.340 e. The highest BCUT2D eigenvalue weighted by molar-refractivity contribution is 7.85. The van der Waals surface area contributed by atoms with E-state index in [2.05, 4.69) is 39.0 Å². The van der Waals surface area contributed by atoms with Crippen molar-refractivity contribution >= 4 is 30.9 Å². The number of halogens is 3. The lowest BCUT2D eigenvalue weighted by atomic mass is 10.1. The van der Waals surface area contributed by atoms with Crippen LogP contribution in [0.3, 0.4) is 0 Å². The predicted molar refractivity (Wildman–Crippen MR) is 329 cm³/mol. The van der Waals surface area contributed by atoms with Gasteiger partial charge in [0.1, 0.15) is 30.7 Å². The number of nitrogens with zero attached hydrogens (tertiary/aromatic N) is 2. The Morgan fingerprint density at radius 2 is 0.989 bits per heavy atom. The third-order valence-electron chi connectivity index (χ3n) is 16.4. The van der Waals surface area contributed by atoms with Gasteiger partial charge in [0.05, 0.1) is 68.5 Å². The predicted octanol–water partition coefficient (Wildman–Crippen LogP) is 7.03. The normalized spacial score (nSPS) is 26.9. The van der Waals surface area contributed by atoms with Gasteiger partial charge in [-0.2, -0.15) is 38.6 Å². The molecular weight excluding hydrogens is 1190 g/mol. The Morgan fingerprint density at radius 1 is 0.568 bits per heavy atom. The lowest BCUT2D eigenvalue weighted by molar-refractivity contribution is 0.158. The maximum absolute atomic E-state index is 14.0. The maximum atomic E-state index is 14.0. The standard InChI is InChI=1S/C12H12FNO3S.2C12H12FN.C12H11NO3S.C9H9NO3S.C9H11NO/c1-2-7-14(18(15,16)17)12-10-6-4-3-5-9(10)8-11(12)13;2*1-2-7-14-12-10-6-4-3-5-9(10)8-11(12)13;1-2-7-13-12-10-6-4-3-5-9(10)8-11(12)16-17(13,14)15;11-14(12)10-9-7-4-2-1-3-6(7)5-8(9)13-14;10-9-7-4-2-1-3-6(7)5-8(9)11/h1,3-6,11-12H,7-8H2,(H,15,16,17);2*1,3-6,11-12,14H,7-8H2;1,3-6,11-12H,7-8H2;1-4,8-10H,5H2;1-4,8-9,11H,5,10H2/t3*11-,12-;11-,12+;2*8-,9+/m000111/s1/i;13-1;;;;. The second kappa shape index (κ2) is 28.5. The Morgan fingerprint density at radius 3 is 1.48 bits per heavy atom. The molecule has 12 atom stereocenters. The first-order chi connectivity index (χ1) is 42.2. The highest BCUT2D eigenvalue weighted by Gasteiger charge is 2.51. The molecule has 16 nitrogen and oxygen atoms in total. The second-order valence-corrected chi connectivity index (χ2v) is 26.0. The number of hydrogen-bond acceptors (Lipinski definition) is 12. The van der Waals surface area contributed by atoms with Crippen LogP contribution in [0.5, 0.6) is 0 Å². The average molecular weight is 1260 g/mol. The fraction of sp³-hybridized carbons (Fsp3) is 0.333. The fourth-order valence-electron chi connectivity index (χ4n) is 12.5. The number of nitrogens with one attached hydrogen (secondary N) is 3. The van der Waals surface area contributed by atoms with Crippen LogP contribution < -0.4 is 21.1 Å². The van der Waals surface area contributed by atoms with Crippen LogP contribution in [0.2, 0.25) is 0 Å². The Bertz CT molecular complexity index is 3930. The summed E-state index contributed by atoms with van der Waals surface area (Å²) in [7, 11) is -11.7. The minimum atomic E-state index is -4.54. The van der Waals surface area contributed by atoms with Crippen LogP contribution in [0.25, 0.3) is 0 Å². The molecule has 0 amide bonds. The van der Waals surface area contributed by atoms with Crippen molar-refractivity contribution in [3.8, 4) is 49.4 Å². The molecule has 7 N–H and O–H groups in total. The van der Waals surface area contributed by atoms with Gasteiger partial charge in [0.25, 0.3) is 0 Å². The van der Waals surface area contributed by atoms with Crippen molar-refractivity contribution in [3.63, 3.8) is 0 Å². The average Bonchev–Trinajstić information content (AvgIpc) is 2.21. The molecule has 460 valence electrons. The number of nitrogens with two attached hydrogens (primary N) is 1. The van der Waals surface area contributed by atoms with Crippen LogP contribution in [-0.2, 0) is 77.8 Å². The van der Waals surface area contributed by atoms with Gasteiger partial charge < -0.3 is 10.8 Å². The summed E-state index contributed by atoms with van der Waals surface area (Å²) in [6, 6.07) is 43.9. The van der Waals surface area contributed by atoms with Gasteiger partial charge in [-0.3, -0.25) is 23.6 Å². The summed E-state index contributed by atoms with van der Waals surface area (Å²) in [6.45, 7) is 0.523. The topological polar surface area (TPSA) is 230 Å². The molecule has 2 heterocycles. The molecule has 22 heteroatoms. The van der Waals surface area contributed by atoms with Crippen LogP contribution in [0, 0.1) is 49.4 Å². The van der Waals surface area contributed by atoms with Gasteiger partial charge in [-0.1, -0.05) is 169 Å². The molecule has 0 saturated carbocycles. The van der Waals surface area contributed by atoms with Crippen LogP contribution >= 0.6 is 0 Å². The summed E-state index contributed by atoms with van der Waals surface area (Å²) in [5.41, 5.74) is 18.0. The summed E-state index contributed by atoms with van der Waals surface area (Å²) in [4.78, 5) is 0. The van der Waals surface area contributed by atoms with E-state index in [9.17, 15) is 43.5 Å². The fourth-order valence-corrected chi connectivity index (χ4v) is 15.8. The number of benzene rings is 6. The zero-order chi connectivity index (χ0) is 62.9. The minimum Gasteiger partial charge on any atom is -0.391 e. The first-order valence-corrected chi connectivity index (χ1v) is 32.5. The SMILES string of the molecule is C#CCN([C@H]1c2ccccc2C[C@@H]1F)S(=O)(=O)O.C#CCN1[C@H]2c3ccccc3C[C@H]2OS1(=O)=O.C#CCN[C@H]1c2ccccc2C[C@@H]1F.C#CCN[C@H]1c2ccccc2C[C@@H]1[18F].N[C@H]1c2ccccc2C[C@H]1O.O=S1(=O)N[C@H]2c3ccccc3C[C@H]2O1. The highest BCUT2D eigenvalue weighted by atomic mass is 32.2. The molecule has 2 aliphatic heterocycles. The molecule has 0 bridgehead atoms. The van der Waals surface area contributed by atoms with Crippen molar-refractivity contribution in [1.29, 1.82) is 0 Å². The third-order valence-corrected chi connectivity index (χ3v) is 19.8. The molecule has 6 aromatic rings. The molecule has 0 radical (unpaired) electrons. The molecule has 88 heavy (non-hydrogen) atoms. The molecule has 0 aromatic heterocycles. The van der Waals surface area contributed by atoms with E-state index in [1.807, 2.05) is 121 Å². The minimum absolute atomic E-state index is 0.0534. The number of terminal acetylenes is 4. The molecule has 14 rings (SSSR count). The first-order valence-electron chi connectivity index (χ1n) is 28.4. The van der Waals surface area contributed by atoms with E-state index >= 15 is 0 Å². The Kier molecular flexibility index (Phi) is 21.2. The van der Waals surface area contributed by atoms with Crippen LogP contribution in [-0.4, -0.2) is 107 Å². The Hall–Kier alpha value is -7.20. The zero-order valence-electron chi connectivity index (χ0n) is 47.7. The molecule has 6 aliphatic carbocycles. The van der Waals surface area contributed by atoms with E-state index in [-0.39, 0.29) is 68.0 Å². The van der Waals surface area contributed by atoms with Crippen molar-refractivity contribution in [2.75, 3.05) is 26.2 Å². The number of alkyl halides is 3. The molecule has 2 fully saturated rings. The van der Waals surface area contributed by atoms with Gasteiger partial charge in [-0.15, -0.1) is 25.7 Å². The number of aliphatic hydroxyl groups is 1. The van der Waals surface area contributed by atoms with Crippen molar-refractivity contribution in [2.24, 2.45) is 5.73 Å². The van der Waals surface area contributed by atoms with Gasteiger partial charge in [-0.05, 0) is 66.8 Å². The first kappa shape index (κ1) is 65.3. The van der Waals surface area contributed by atoms with Crippen molar-refractivity contribution in [2.45, 2.75) is 112 Å². The number of aliphatic hydroxyl groups excluding tert-OH is 1. The second-order valence-electron chi connectivity index (χ2n) is 21.8. The highest BCUT2D eigenvalue weighted by Crippen LogP contribution is 2.45. The molecule has 2 saturated heterocycles. The van der Waals surface area contributed by atoms with E-state index in [1.54, 1.807) is 24.3 Å². The summed E-state index contributed by atoms with van der Waals surface area (Å²) in [5, 5.41) is 15.4. The van der Waals surface area contributed by atoms with Crippen molar-refractivity contribution in [3.05, 3.63) is 212 Å². The molecule has 6 aromatic carbocycles. The van der Waals surface area contributed by atoms with E-state index < -0.39 is 55.5 Å². The van der Waals surface area contributed by atoms with E-state index in [1.165, 1.54) is 15.4 Å². The van der Waals surface area contributed by atoms with Crippen molar-refractivity contribution in [1.82, 2.24) is 24.0 Å².